The quantitative estimate of drug-likeness (QED) is 0.500. The number of anilines is 1. The molecule has 0 unspecified atom stereocenters. The molecular formula is C18H14ClN3O3S. The summed E-state index contributed by atoms with van der Waals surface area (Å²) in [5.74, 6) is 0.0174. The summed E-state index contributed by atoms with van der Waals surface area (Å²) in [6.45, 7) is 1.45. The molecule has 0 aliphatic carbocycles. The van der Waals surface area contributed by atoms with Crippen LogP contribution in [0.4, 0.5) is 5.69 Å². The third kappa shape index (κ3) is 4.50. The number of thioether (sulfide) groups is 1. The van der Waals surface area contributed by atoms with Crippen molar-refractivity contribution in [2.45, 2.75) is 12.1 Å². The van der Waals surface area contributed by atoms with Crippen LogP contribution in [-0.2, 0) is 4.79 Å². The van der Waals surface area contributed by atoms with Gasteiger partial charge in [0.2, 0.25) is 11.8 Å². The predicted molar refractivity (Wildman–Crippen MR) is 101 cm³/mol. The van der Waals surface area contributed by atoms with E-state index in [0.717, 1.165) is 11.8 Å². The molecule has 26 heavy (non-hydrogen) atoms. The summed E-state index contributed by atoms with van der Waals surface area (Å²) < 4.78 is 5.54. The lowest BCUT2D eigenvalue weighted by molar-refractivity contribution is -0.113. The van der Waals surface area contributed by atoms with Crippen molar-refractivity contribution in [2.24, 2.45) is 0 Å². The summed E-state index contributed by atoms with van der Waals surface area (Å²) in [5, 5.41) is 11.4. The van der Waals surface area contributed by atoms with Crippen LogP contribution in [0, 0.1) is 0 Å². The first kappa shape index (κ1) is 18.2. The van der Waals surface area contributed by atoms with E-state index in [1.165, 1.54) is 6.92 Å². The maximum Gasteiger partial charge on any atom is 0.277 e. The Morgan fingerprint density at radius 3 is 2.73 bits per heavy atom. The van der Waals surface area contributed by atoms with Gasteiger partial charge < -0.3 is 9.73 Å². The molecule has 2 aromatic carbocycles. The van der Waals surface area contributed by atoms with Crippen molar-refractivity contribution in [1.29, 1.82) is 0 Å². The van der Waals surface area contributed by atoms with E-state index in [1.54, 1.807) is 48.5 Å². The molecule has 3 aromatic rings. The van der Waals surface area contributed by atoms with Gasteiger partial charge in [0.15, 0.2) is 5.78 Å². The fraction of sp³-hybridized carbons (Fsp3) is 0.111. The van der Waals surface area contributed by atoms with Crippen LogP contribution < -0.4 is 5.32 Å². The summed E-state index contributed by atoms with van der Waals surface area (Å²) in [6, 6.07) is 13.9. The highest BCUT2D eigenvalue weighted by Crippen LogP contribution is 2.25. The van der Waals surface area contributed by atoms with E-state index in [-0.39, 0.29) is 22.7 Å². The molecule has 0 radical (unpaired) electrons. The fourth-order valence-corrected chi connectivity index (χ4v) is 2.97. The summed E-state index contributed by atoms with van der Waals surface area (Å²) in [6.07, 6.45) is 0. The molecule has 0 aliphatic rings. The van der Waals surface area contributed by atoms with Gasteiger partial charge in [-0.25, -0.2) is 0 Å². The highest BCUT2D eigenvalue weighted by Gasteiger charge is 2.13. The molecule has 1 heterocycles. The Kier molecular flexibility index (Phi) is 5.70. The number of carbonyl (C=O) groups excluding carboxylic acids is 2. The minimum atomic E-state index is -0.272. The van der Waals surface area contributed by atoms with Crippen molar-refractivity contribution >= 4 is 40.7 Å². The number of amides is 1. The molecule has 132 valence electrons. The summed E-state index contributed by atoms with van der Waals surface area (Å²) in [7, 11) is 0. The highest BCUT2D eigenvalue weighted by atomic mass is 35.5. The topological polar surface area (TPSA) is 85.1 Å². The van der Waals surface area contributed by atoms with Crippen molar-refractivity contribution in [1.82, 2.24) is 10.2 Å². The zero-order valence-corrected chi connectivity index (χ0v) is 15.3. The molecule has 0 atom stereocenters. The molecule has 8 heteroatoms. The van der Waals surface area contributed by atoms with Crippen molar-refractivity contribution in [3.05, 3.63) is 59.1 Å². The molecular weight excluding hydrogens is 374 g/mol. The normalized spacial score (nSPS) is 10.5. The number of Topliss-reactive ketones (excluding diaryl/α,β-unsaturated/α-hetero) is 1. The molecule has 0 saturated carbocycles. The molecule has 0 aliphatic heterocycles. The van der Waals surface area contributed by atoms with Crippen LogP contribution in [0.2, 0.25) is 5.02 Å². The number of hydrogen-bond acceptors (Lipinski definition) is 6. The maximum atomic E-state index is 12.1. The molecule has 0 saturated heterocycles. The summed E-state index contributed by atoms with van der Waals surface area (Å²) in [4.78, 5) is 23.7. The van der Waals surface area contributed by atoms with Crippen LogP contribution in [0.15, 0.2) is 58.2 Å². The van der Waals surface area contributed by atoms with E-state index in [4.69, 9.17) is 16.0 Å². The second kappa shape index (κ2) is 8.16. The average molecular weight is 388 g/mol. The lowest BCUT2D eigenvalue weighted by Gasteiger charge is -2.07. The Labute approximate surface area is 159 Å². The predicted octanol–water partition coefficient (Wildman–Crippen LogP) is 4.32. The molecule has 6 nitrogen and oxygen atoms in total. The van der Waals surface area contributed by atoms with Gasteiger partial charge in [-0.2, -0.15) is 0 Å². The van der Waals surface area contributed by atoms with E-state index in [1.807, 2.05) is 0 Å². The van der Waals surface area contributed by atoms with Gasteiger partial charge in [0.1, 0.15) is 0 Å². The number of hydrogen-bond donors (Lipinski definition) is 1. The maximum absolute atomic E-state index is 12.1. The second-order valence-corrected chi connectivity index (χ2v) is 6.69. The second-order valence-electron chi connectivity index (χ2n) is 5.32. The standard InChI is InChI=1S/C18H14ClN3O3S/c1-11(23)14-7-2-3-8-15(14)20-16(24)10-26-18-22-21-17(25-18)12-5-4-6-13(19)9-12/h2-9H,10H2,1H3,(H,20,24). The van der Waals surface area contributed by atoms with Gasteiger partial charge in [-0.1, -0.05) is 41.6 Å². The van der Waals surface area contributed by atoms with E-state index >= 15 is 0 Å². The highest BCUT2D eigenvalue weighted by molar-refractivity contribution is 7.99. The van der Waals surface area contributed by atoms with Crippen LogP contribution >= 0.6 is 23.4 Å². The van der Waals surface area contributed by atoms with Gasteiger partial charge in [0.25, 0.3) is 5.22 Å². The first-order chi connectivity index (χ1) is 12.5. The minimum absolute atomic E-state index is 0.0728. The van der Waals surface area contributed by atoms with Gasteiger partial charge in [0, 0.05) is 16.1 Å². The van der Waals surface area contributed by atoms with Crippen LogP contribution in [0.3, 0.4) is 0 Å². The third-order valence-electron chi connectivity index (χ3n) is 3.39. The molecule has 1 amide bonds. The summed E-state index contributed by atoms with van der Waals surface area (Å²) >= 11 is 7.06. The van der Waals surface area contributed by atoms with E-state index in [2.05, 4.69) is 15.5 Å². The van der Waals surface area contributed by atoms with Crippen LogP contribution in [-0.4, -0.2) is 27.6 Å². The van der Waals surface area contributed by atoms with Crippen LogP contribution in [0.1, 0.15) is 17.3 Å². The van der Waals surface area contributed by atoms with Gasteiger partial charge >= 0.3 is 0 Å². The number of nitrogens with zero attached hydrogens (tertiary/aromatic N) is 2. The van der Waals surface area contributed by atoms with Crippen LogP contribution in [0.25, 0.3) is 11.5 Å². The molecule has 0 spiro atoms. The number of aromatic nitrogens is 2. The van der Waals surface area contributed by atoms with E-state index < -0.39 is 0 Å². The largest absolute Gasteiger partial charge is 0.411 e. The summed E-state index contributed by atoms with van der Waals surface area (Å²) in [5.41, 5.74) is 1.65. The number of carbonyl (C=O) groups is 2. The average Bonchev–Trinajstić information content (AvgIpc) is 3.09. The van der Waals surface area contributed by atoms with Crippen molar-refractivity contribution < 1.29 is 14.0 Å². The van der Waals surface area contributed by atoms with Crippen LogP contribution in [0.5, 0.6) is 0 Å². The van der Waals surface area contributed by atoms with Gasteiger partial charge in [0.05, 0.1) is 11.4 Å². The molecule has 3 rings (SSSR count). The number of ketones is 1. The zero-order chi connectivity index (χ0) is 18.5. The lowest BCUT2D eigenvalue weighted by Crippen LogP contribution is -2.16. The molecule has 1 aromatic heterocycles. The molecule has 1 N–H and O–H groups in total. The Morgan fingerprint density at radius 1 is 1.15 bits per heavy atom. The van der Waals surface area contributed by atoms with Crippen molar-refractivity contribution in [3.63, 3.8) is 0 Å². The van der Waals surface area contributed by atoms with E-state index in [9.17, 15) is 9.59 Å². The Hall–Kier alpha value is -2.64. The number of nitrogens with one attached hydrogen (secondary N) is 1. The minimum Gasteiger partial charge on any atom is -0.411 e. The monoisotopic (exact) mass is 387 g/mol. The van der Waals surface area contributed by atoms with Gasteiger partial charge in [-0.05, 0) is 37.3 Å². The Morgan fingerprint density at radius 2 is 1.96 bits per heavy atom. The first-order valence-corrected chi connectivity index (χ1v) is 9.01. The Balaban J connectivity index is 1.61. The third-order valence-corrected chi connectivity index (χ3v) is 4.44. The fourth-order valence-electron chi connectivity index (χ4n) is 2.22. The molecule has 0 fully saturated rings. The number of rotatable bonds is 6. The number of benzene rings is 2. The Bertz CT molecular complexity index is 958. The molecule has 0 bridgehead atoms. The van der Waals surface area contributed by atoms with E-state index in [0.29, 0.717) is 27.7 Å². The van der Waals surface area contributed by atoms with Crippen molar-refractivity contribution in [2.75, 3.05) is 11.1 Å². The van der Waals surface area contributed by atoms with Gasteiger partial charge in [-0.3, -0.25) is 9.59 Å². The number of halogens is 1. The smallest absolute Gasteiger partial charge is 0.277 e. The number of para-hydroxylation sites is 1. The lowest BCUT2D eigenvalue weighted by atomic mass is 10.1. The van der Waals surface area contributed by atoms with Gasteiger partial charge in [-0.15, -0.1) is 10.2 Å². The zero-order valence-electron chi connectivity index (χ0n) is 13.7. The van der Waals surface area contributed by atoms with Crippen molar-refractivity contribution in [3.8, 4) is 11.5 Å². The first-order valence-electron chi connectivity index (χ1n) is 7.65. The SMILES string of the molecule is CC(=O)c1ccccc1NC(=O)CSc1nnc(-c2cccc(Cl)c2)o1.